The van der Waals surface area contributed by atoms with Crippen LogP contribution < -0.4 is 5.32 Å². The van der Waals surface area contributed by atoms with Crippen molar-refractivity contribution in [3.8, 4) is 0 Å². The van der Waals surface area contributed by atoms with E-state index in [-0.39, 0.29) is 10.8 Å². The zero-order chi connectivity index (χ0) is 8.44. The topological polar surface area (TPSA) is 29.1 Å². The monoisotopic (exact) mass is 185 g/mol. The highest BCUT2D eigenvalue weighted by molar-refractivity contribution is 8.01. The van der Waals surface area contributed by atoms with E-state index in [0.717, 1.165) is 0 Å². The van der Waals surface area contributed by atoms with Crippen LogP contribution >= 0.6 is 11.8 Å². The summed E-state index contributed by atoms with van der Waals surface area (Å²) < 4.78 is 0. The van der Waals surface area contributed by atoms with Gasteiger partial charge >= 0.3 is 0 Å². The number of carbonyl (C=O) groups is 1. The minimum Gasteiger partial charge on any atom is -0.341 e. The van der Waals surface area contributed by atoms with Crippen LogP contribution in [-0.2, 0) is 4.79 Å². The minimum atomic E-state index is 0.146. The molecule has 0 atom stereocenters. The van der Waals surface area contributed by atoms with Crippen molar-refractivity contribution in [2.45, 2.75) is 43.4 Å². The molecule has 12 heavy (non-hydrogen) atoms. The van der Waals surface area contributed by atoms with Crippen LogP contribution in [0.4, 0.5) is 0 Å². The molecule has 1 saturated heterocycles. The van der Waals surface area contributed by atoms with Crippen molar-refractivity contribution in [2.75, 3.05) is 5.75 Å². The lowest BCUT2D eigenvalue weighted by Crippen LogP contribution is -2.38. The molecular weight excluding hydrogens is 170 g/mol. The van der Waals surface area contributed by atoms with Crippen LogP contribution in [0.25, 0.3) is 0 Å². The van der Waals surface area contributed by atoms with Gasteiger partial charge in [0, 0.05) is 0 Å². The Kier molecular flexibility index (Phi) is 2.31. The number of thioether (sulfide) groups is 1. The van der Waals surface area contributed by atoms with Gasteiger partial charge in [-0.15, -0.1) is 11.8 Å². The maximum Gasteiger partial charge on any atom is 0.231 e. The molecule has 2 aliphatic rings. The normalized spacial score (nSPS) is 28.5. The molecule has 2 fully saturated rings. The predicted octanol–water partition coefficient (Wildman–Crippen LogP) is 1.90. The zero-order valence-corrected chi connectivity index (χ0v) is 8.08. The Hall–Kier alpha value is -0.180. The summed E-state index contributed by atoms with van der Waals surface area (Å²) in [6, 6.07) is 0. The summed E-state index contributed by atoms with van der Waals surface area (Å²) in [7, 11) is 0. The van der Waals surface area contributed by atoms with Gasteiger partial charge in [0.2, 0.25) is 5.91 Å². The Balaban J connectivity index is 2.03. The van der Waals surface area contributed by atoms with E-state index in [4.69, 9.17) is 0 Å². The lowest BCUT2D eigenvalue weighted by molar-refractivity contribution is -0.118. The first-order chi connectivity index (χ1) is 5.81. The van der Waals surface area contributed by atoms with Gasteiger partial charge in [-0.3, -0.25) is 4.79 Å². The van der Waals surface area contributed by atoms with Gasteiger partial charge in [-0.05, 0) is 12.8 Å². The van der Waals surface area contributed by atoms with E-state index >= 15 is 0 Å². The van der Waals surface area contributed by atoms with Gasteiger partial charge < -0.3 is 5.32 Å². The molecule has 1 amide bonds. The van der Waals surface area contributed by atoms with Crippen molar-refractivity contribution in [3.05, 3.63) is 0 Å². The van der Waals surface area contributed by atoms with E-state index in [2.05, 4.69) is 5.32 Å². The van der Waals surface area contributed by atoms with Crippen molar-refractivity contribution in [3.63, 3.8) is 0 Å². The summed E-state index contributed by atoms with van der Waals surface area (Å²) in [6.45, 7) is 0. The van der Waals surface area contributed by atoms with Gasteiger partial charge in [0.1, 0.15) is 0 Å². The van der Waals surface area contributed by atoms with E-state index in [0.29, 0.717) is 5.75 Å². The highest BCUT2D eigenvalue weighted by Crippen LogP contribution is 2.39. The second-order valence-corrected chi connectivity index (χ2v) is 5.10. The summed E-state index contributed by atoms with van der Waals surface area (Å²) in [6.07, 6.45) is 7.63. The molecule has 0 bridgehead atoms. The molecular formula is C9H15NOS. The average Bonchev–Trinajstić information content (AvgIpc) is 2.30. The van der Waals surface area contributed by atoms with Crippen LogP contribution in [0.3, 0.4) is 0 Å². The maximum absolute atomic E-state index is 11.1. The van der Waals surface area contributed by atoms with Crippen LogP contribution in [0.1, 0.15) is 38.5 Å². The lowest BCUT2D eigenvalue weighted by atomic mass is 10.1. The van der Waals surface area contributed by atoms with Gasteiger partial charge in [0.15, 0.2) is 0 Å². The van der Waals surface area contributed by atoms with Crippen LogP contribution in [0, 0.1) is 0 Å². The number of hydrogen-bond acceptors (Lipinski definition) is 2. The van der Waals surface area contributed by atoms with E-state index in [1.54, 1.807) is 0 Å². The first-order valence-electron chi connectivity index (χ1n) is 4.76. The van der Waals surface area contributed by atoms with Crippen LogP contribution in [0.5, 0.6) is 0 Å². The van der Waals surface area contributed by atoms with E-state index < -0.39 is 0 Å². The molecule has 2 rings (SSSR count). The molecule has 1 heterocycles. The first-order valence-corrected chi connectivity index (χ1v) is 5.74. The van der Waals surface area contributed by atoms with Gasteiger partial charge in [-0.1, -0.05) is 25.7 Å². The third kappa shape index (κ3) is 1.60. The Labute approximate surface area is 77.5 Å². The molecule has 3 heteroatoms. The third-order valence-corrected chi connectivity index (χ3v) is 4.23. The molecule has 0 aromatic carbocycles. The van der Waals surface area contributed by atoms with Crippen molar-refractivity contribution in [2.24, 2.45) is 0 Å². The molecule has 0 aromatic heterocycles. The van der Waals surface area contributed by atoms with Crippen molar-refractivity contribution in [1.29, 1.82) is 0 Å². The van der Waals surface area contributed by atoms with Crippen molar-refractivity contribution < 1.29 is 4.79 Å². The number of amides is 1. The number of carbonyl (C=O) groups excluding carboxylic acids is 1. The van der Waals surface area contributed by atoms with Crippen molar-refractivity contribution >= 4 is 17.7 Å². The van der Waals surface area contributed by atoms with E-state index in [1.807, 2.05) is 11.8 Å². The summed E-state index contributed by atoms with van der Waals surface area (Å²) in [5.41, 5.74) is 0. The Morgan fingerprint density at radius 2 is 1.83 bits per heavy atom. The van der Waals surface area contributed by atoms with Crippen LogP contribution in [0.15, 0.2) is 0 Å². The Bertz CT molecular complexity index is 185. The molecule has 1 spiro atoms. The fourth-order valence-electron chi connectivity index (χ4n) is 2.10. The Morgan fingerprint density at radius 3 is 2.33 bits per heavy atom. The zero-order valence-electron chi connectivity index (χ0n) is 7.27. The standard InChI is InChI=1S/C9H15NOS/c11-8-7-12-9(10-8)5-3-1-2-4-6-9/h1-7H2,(H,10,11). The maximum atomic E-state index is 11.1. The van der Waals surface area contributed by atoms with E-state index in [1.165, 1.54) is 38.5 Å². The number of rotatable bonds is 0. The third-order valence-electron chi connectivity index (χ3n) is 2.76. The van der Waals surface area contributed by atoms with Gasteiger partial charge in [0.05, 0.1) is 10.6 Å². The van der Waals surface area contributed by atoms with Gasteiger partial charge in [-0.25, -0.2) is 0 Å². The quantitative estimate of drug-likeness (QED) is 0.624. The van der Waals surface area contributed by atoms with Gasteiger partial charge in [-0.2, -0.15) is 0 Å². The Morgan fingerprint density at radius 1 is 1.17 bits per heavy atom. The number of nitrogens with one attached hydrogen (secondary N) is 1. The molecule has 68 valence electrons. The highest BCUT2D eigenvalue weighted by atomic mass is 32.2. The largest absolute Gasteiger partial charge is 0.341 e. The molecule has 1 N–H and O–H groups in total. The van der Waals surface area contributed by atoms with Crippen LogP contribution in [0.2, 0.25) is 0 Å². The van der Waals surface area contributed by atoms with Gasteiger partial charge in [0.25, 0.3) is 0 Å². The molecule has 0 radical (unpaired) electrons. The average molecular weight is 185 g/mol. The summed E-state index contributed by atoms with van der Waals surface area (Å²) in [5.74, 6) is 0.918. The second kappa shape index (κ2) is 3.29. The SMILES string of the molecule is O=C1CSC2(CCCCCC2)N1. The fraction of sp³-hybridized carbons (Fsp3) is 0.889. The molecule has 0 aromatic rings. The fourth-order valence-corrected chi connectivity index (χ4v) is 3.34. The van der Waals surface area contributed by atoms with Crippen molar-refractivity contribution in [1.82, 2.24) is 5.32 Å². The summed E-state index contributed by atoms with van der Waals surface area (Å²) >= 11 is 1.83. The number of hydrogen-bond donors (Lipinski definition) is 1. The molecule has 0 unspecified atom stereocenters. The minimum absolute atomic E-state index is 0.146. The lowest BCUT2D eigenvalue weighted by Gasteiger charge is -2.25. The first kappa shape index (κ1) is 8.42. The predicted molar refractivity (Wildman–Crippen MR) is 51.0 cm³/mol. The molecule has 1 aliphatic heterocycles. The molecule has 1 aliphatic carbocycles. The highest BCUT2D eigenvalue weighted by Gasteiger charge is 2.38. The molecule has 2 nitrogen and oxygen atoms in total. The smallest absolute Gasteiger partial charge is 0.231 e. The summed E-state index contributed by atoms with van der Waals surface area (Å²) in [4.78, 5) is 11.2. The molecule has 1 saturated carbocycles. The second-order valence-electron chi connectivity index (χ2n) is 3.75. The van der Waals surface area contributed by atoms with E-state index in [9.17, 15) is 4.79 Å². The summed E-state index contributed by atoms with van der Waals surface area (Å²) in [5, 5.41) is 3.13. The van der Waals surface area contributed by atoms with Crippen LogP contribution in [-0.4, -0.2) is 16.5 Å².